The van der Waals surface area contributed by atoms with Crippen LogP contribution in [0.15, 0.2) is 27.5 Å². The quantitative estimate of drug-likeness (QED) is 0.503. The van der Waals surface area contributed by atoms with Gasteiger partial charge in [-0.25, -0.2) is 4.98 Å². The number of thioether (sulfide) groups is 1. The Labute approximate surface area is 163 Å². The zero-order valence-electron chi connectivity index (χ0n) is 14.3. The molecular formula is C18H19N3O2S3. The van der Waals surface area contributed by atoms with Crippen LogP contribution < -0.4 is 10.9 Å². The van der Waals surface area contributed by atoms with Crippen LogP contribution in [-0.4, -0.2) is 21.6 Å². The van der Waals surface area contributed by atoms with Crippen molar-refractivity contribution < 1.29 is 4.79 Å². The molecule has 0 saturated heterocycles. The maximum atomic E-state index is 12.5. The first-order chi connectivity index (χ1) is 12.6. The number of carbonyl (C=O) groups excluding carboxylic acids is 1. The molecule has 26 heavy (non-hydrogen) atoms. The molecule has 2 N–H and O–H groups in total. The molecule has 0 aromatic carbocycles. The van der Waals surface area contributed by atoms with E-state index in [1.165, 1.54) is 22.2 Å². The second-order valence-electron chi connectivity index (χ2n) is 6.55. The van der Waals surface area contributed by atoms with Gasteiger partial charge in [0.05, 0.1) is 17.7 Å². The number of nitrogens with zero attached hydrogens (tertiary/aromatic N) is 1. The maximum Gasteiger partial charge on any atom is 0.260 e. The van der Waals surface area contributed by atoms with Gasteiger partial charge in [0.2, 0.25) is 5.91 Å². The van der Waals surface area contributed by atoms with Crippen LogP contribution in [0.1, 0.15) is 28.7 Å². The summed E-state index contributed by atoms with van der Waals surface area (Å²) in [5, 5.41) is 6.14. The average Bonchev–Trinajstić information content (AvgIpc) is 3.24. The standard InChI is InChI=1S/C18H19N3O2S3/c1-10-4-5-12-13(7-10)26-17-15(12)16(23)20-18(21-17)25-9-14(22)19-8-11-3-2-6-24-11/h2-3,6,10H,4-5,7-9H2,1H3,(H,19,22)(H,20,21,23)/t10-/m1/s1. The van der Waals surface area contributed by atoms with Gasteiger partial charge in [-0.3, -0.25) is 9.59 Å². The summed E-state index contributed by atoms with van der Waals surface area (Å²) in [6.45, 7) is 2.79. The number of amides is 1. The zero-order valence-corrected chi connectivity index (χ0v) is 16.8. The van der Waals surface area contributed by atoms with Crippen LogP contribution in [0.2, 0.25) is 0 Å². The summed E-state index contributed by atoms with van der Waals surface area (Å²) in [5.41, 5.74) is 1.10. The fraction of sp³-hybridized carbons (Fsp3) is 0.389. The summed E-state index contributed by atoms with van der Waals surface area (Å²) in [7, 11) is 0. The summed E-state index contributed by atoms with van der Waals surface area (Å²) in [5.74, 6) is 0.836. The van der Waals surface area contributed by atoms with Gasteiger partial charge in [-0.05, 0) is 42.2 Å². The molecule has 3 aromatic rings. The van der Waals surface area contributed by atoms with Crippen molar-refractivity contribution in [1.29, 1.82) is 0 Å². The molecule has 8 heteroatoms. The summed E-state index contributed by atoms with van der Waals surface area (Å²) in [4.78, 5) is 35.2. The molecule has 0 radical (unpaired) electrons. The number of thiophene rings is 2. The Balaban J connectivity index is 1.45. The van der Waals surface area contributed by atoms with Crippen LogP contribution in [-0.2, 0) is 24.2 Å². The van der Waals surface area contributed by atoms with Crippen LogP contribution in [0.3, 0.4) is 0 Å². The van der Waals surface area contributed by atoms with E-state index in [-0.39, 0.29) is 17.2 Å². The summed E-state index contributed by atoms with van der Waals surface area (Å²) < 4.78 is 0. The van der Waals surface area contributed by atoms with Crippen molar-refractivity contribution in [3.05, 3.63) is 43.2 Å². The van der Waals surface area contributed by atoms with Crippen LogP contribution in [0.5, 0.6) is 0 Å². The molecule has 1 atom stereocenters. The summed E-state index contributed by atoms with van der Waals surface area (Å²) in [6.07, 6.45) is 3.11. The molecule has 0 aliphatic heterocycles. The zero-order chi connectivity index (χ0) is 18.1. The van der Waals surface area contributed by atoms with E-state index in [4.69, 9.17) is 0 Å². The van der Waals surface area contributed by atoms with Gasteiger partial charge in [0.15, 0.2) is 5.16 Å². The van der Waals surface area contributed by atoms with Crippen molar-refractivity contribution in [2.24, 2.45) is 5.92 Å². The maximum absolute atomic E-state index is 12.5. The van der Waals surface area contributed by atoms with E-state index in [1.807, 2.05) is 17.5 Å². The minimum Gasteiger partial charge on any atom is -0.350 e. The number of carbonyl (C=O) groups is 1. The molecule has 3 aromatic heterocycles. The normalized spacial score (nSPS) is 16.6. The number of aromatic nitrogens is 2. The molecular weight excluding hydrogens is 386 g/mol. The number of H-pyrrole nitrogens is 1. The van der Waals surface area contributed by atoms with Crippen molar-refractivity contribution >= 4 is 50.6 Å². The van der Waals surface area contributed by atoms with Gasteiger partial charge in [-0.1, -0.05) is 24.8 Å². The van der Waals surface area contributed by atoms with Crippen molar-refractivity contribution in [2.45, 2.75) is 37.9 Å². The lowest BCUT2D eigenvalue weighted by Crippen LogP contribution is -2.24. The van der Waals surface area contributed by atoms with E-state index in [0.717, 1.165) is 34.4 Å². The largest absolute Gasteiger partial charge is 0.350 e. The van der Waals surface area contributed by atoms with E-state index in [9.17, 15) is 9.59 Å². The van der Waals surface area contributed by atoms with Crippen molar-refractivity contribution in [3.63, 3.8) is 0 Å². The summed E-state index contributed by atoms with van der Waals surface area (Å²) in [6, 6.07) is 3.95. The first-order valence-electron chi connectivity index (χ1n) is 8.56. The van der Waals surface area contributed by atoms with Crippen molar-refractivity contribution in [2.75, 3.05) is 5.75 Å². The van der Waals surface area contributed by atoms with E-state index in [2.05, 4.69) is 22.2 Å². The molecule has 0 unspecified atom stereocenters. The molecule has 0 fully saturated rings. The van der Waals surface area contributed by atoms with E-state index >= 15 is 0 Å². The fourth-order valence-corrected chi connectivity index (χ4v) is 5.96. The lowest BCUT2D eigenvalue weighted by atomic mass is 9.89. The number of hydrogen-bond donors (Lipinski definition) is 2. The highest BCUT2D eigenvalue weighted by Gasteiger charge is 2.23. The molecule has 136 valence electrons. The Hall–Kier alpha value is -1.64. The van der Waals surface area contributed by atoms with E-state index in [0.29, 0.717) is 17.6 Å². The predicted molar refractivity (Wildman–Crippen MR) is 108 cm³/mol. The highest BCUT2D eigenvalue weighted by molar-refractivity contribution is 7.99. The first-order valence-corrected chi connectivity index (χ1v) is 11.2. The molecule has 1 amide bonds. The fourth-order valence-electron chi connectivity index (χ4n) is 3.18. The second-order valence-corrected chi connectivity index (χ2v) is 9.63. The Morgan fingerprint density at radius 2 is 2.38 bits per heavy atom. The molecule has 0 bridgehead atoms. The van der Waals surface area contributed by atoms with Gasteiger partial charge in [-0.15, -0.1) is 22.7 Å². The van der Waals surface area contributed by atoms with Gasteiger partial charge >= 0.3 is 0 Å². The Morgan fingerprint density at radius 1 is 1.50 bits per heavy atom. The summed E-state index contributed by atoms with van der Waals surface area (Å²) >= 11 is 4.52. The third-order valence-electron chi connectivity index (χ3n) is 4.52. The minimum atomic E-state index is -0.0800. The third-order valence-corrected chi connectivity index (χ3v) is 7.42. The van der Waals surface area contributed by atoms with Crippen LogP contribution >= 0.6 is 34.4 Å². The molecule has 1 aliphatic rings. The van der Waals surface area contributed by atoms with Crippen LogP contribution in [0.25, 0.3) is 10.2 Å². The lowest BCUT2D eigenvalue weighted by molar-refractivity contribution is -0.118. The van der Waals surface area contributed by atoms with Gasteiger partial charge in [-0.2, -0.15) is 0 Å². The Kier molecular flexibility index (Phi) is 5.15. The number of aryl methyl sites for hydroxylation is 1. The van der Waals surface area contributed by atoms with Crippen LogP contribution in [0.4, 0.5) is 0 Å². The highest BCUT2D eigenvalue weighted by atomic mass is 32.2. The van der Waals surface area contributed by atoms with Gasteiger partial charge in [0.25, 0.3) is 5.56 Å². The highest BCUT2D eigenvalue weighted by Crippen LogP contribution is 2.36. The number of aromatic amines is 1. The molecule has 0 spiro atoms. The smallest absolute Gasteiger partial charge is 0.260 e. The van der Waals surface area contributed by atoms with Crippen molar-refractivity contribution in [3.8, 4) is 0 Å². The second kappa shape index (κ2) is 7.54. The monoisotopic (exact) mass is 405 g/mol. The van der Waals surface area contributed by atoms with Crippen LogP contribution in [0, 0.1) is 5.92 Å². The molecule has 3 heterocycles. The number of rotatable bonds is 5. The van der Waals surface area contributed by atoms with Crippen molar-refractivity contribution in [1.82, 2.24) is 15.3 Å². The first kappa shape index (κ1) is 17.8. The van der Waals surface area contributed by atoms with Gasteiger partial charge in [0.1, 0.15) is 4.83 Å². The van der Waals surface area contributed by atoms with E-state index in [1.54, 1.807) is 22.7 Å². The van der Waals surface area contributed by atoms with Gasteiger partial charge in [0, 0.05) is 9.75 Å². The number of fused-ring (bicyclic) bond motifs is 3. The Bertz CT molecular complexity index is 991. The average molecular weight is 406 g/mol. The number of hydrogen-bond acceptors (Lipinski definition) is 6. The molecule has 1 aliphatic carbocycles. The molecule has 4 rings (SSSR count). The minimum absolute atomic E-state index is 0.0644. The molecule has 0 saturated carbocycles. The third kappa shape index (κ3) is 3.72. The lowest BCUT2D eigenvalue weighted by Gasteiger charge is -2.17. The topological polar surface area (TPSA) is 74.8 Å². The van der Waals surface area contributed by atoms with E-state index < -0.39 is 0 Å². The predicted octanol–water partition coefficient (Wildman–Crippen LogP) is 3.58. The van der Waals surface area contributed by atoms with Gasteiger partial charge < -0.3 is 10.3 Å². The SMILES string of the molecule is C[C@@H]1CCc2c(sc3nc(SCC(=O)NCc4cccs4)[nH]c(=O)c23)C1. The number of nitrogens with one attached hydrogen (secondary N) is 2. The Morgan fingerprint density at radius 3 is 3.19 bits per heavy atom. The molecule has 5 nitrogen and oxygen atoms in total.